The van der Waals surface area contributed by atoms with Gasteiger partial charge in [-0.1, -0.05) is 0 Å². The molecule has 0 unspecified atom stereocenters. The Balaban J connectivity index is 2.60. The van der Waals surface area contributed by atoms with Crippen molar-refractivity contribution in [3.05, 3.63) is 23.8 Å². The number of rotatable bonds is 7. The normalized spacial score (nSPS) is 9.84. The van der Waals surface area contributed by atoms with Crippen molar-refractivity contribution in [1.82, 2.24) is 5.32 Å². The van der Waals surface area contributed by atoms with Gasteiger partial charge in [-0.15, -0.1) is 0 Å². The van der Waals surface area contributed by atoms with Crippen molar-refractivity contribution in [2.24, 2.45) is 0 Å². The molecule has 1 aromatic rings. The fourth-order valence-corrected chi connectivity index (χ4v) is 1.59. The summed E-state index contributed by atoms with van der Waals surface area (Å²) in [7, 11) is 3.15. The molecule has 0 atom stereocenters. The fourth-order valence-electron chi connectivity index (χ4n) is 1.59. The SMILES string of the molecule is COc1ccc(OC)c(CNC(=O)CCC(C)=O)c1. The third-order valence-corrected chi connectivity index (χ3v) is 2.67. The lowest BCUT2D eigenvalue weighted by Crippen LogP contribution is -2.23. The number of methoxy groups -OCH3 is 2. The summed E-state index contributed by atoms with van der Waals surface area (Å²) in [4.78, 5) is 22.3. The van der Waals surface area contributed by atoms with Crippen LogP contribution in [-0.4, -0.2) is 25.9 Å². The predicted octanol–water partition coefficient (Wildman–Crippen LogP) is 1.69. The van der Waals surface area contributed by atoms with Crippen molar-refractivity contribution in [3.8, 4) is 11.5 Å². The smallest absolute Gasteiger partial charge is 0.220 e. The van der Waals surface area contributed by atoms with Crippen molar-refractivity contribution in [1.29, 1.82) is 0 Å². The molecule has 0 bridgehead atoms. The van der Waals surface area contributed by atoms with Crippen LogP contribution in [0.5, 0.6) is 11.5 Å². The second kappa shape index (κ2) is 7.41. The van der Waals surface area contributed by atoms with Crippen LogP contribution in [0.2, 0.25) is 0 Å². The second-order valence-corrected chi connectivity index (χ2v) is 4.16. The first-order valence-corrected chi connectivity index (χ1v) is 6.04. The topological polar surface area (TPSA) is 64.6 Å². The van der Waals surface area contributed by atoms with E-state index >= 15 is 0 Å². The van der Waals surface area contributed by atoms with E-state index in [0.29, 0.717) is 18.0 Å². The summed E-state index contributed by atoms with van der Waals surface area (Å²) in [5.74, 6) is 1.25. The minimum atomic E-state index is -0.153. The maximum atomic E-state index is 11.5. The number of ether oxygens (including phenoxy) is 2. The summed E-state index contributed by atoms with van der Waals surface area (Å²) in [6, 6.07) is 5.39. The Hall–Kier alpha value is -2.04. The lowest BCUT2D eigenvalue weighted by atomic mass is 10.1. The van der Waals surface area contributed by atoms with Crippen LogP contribution in [-0.2, 0) is 16.1 Å². The zero-order valence-electron chi connectivity index (χ0n) is 11.5. The standard InChI is InChI=1S/C14H19NO4/c1-10(16)4-7-14(17)15-9-11-8-12(18-2)5-6-13(11)19-3/h5-6,8H,4,7,9H2,1-3H3,(H,15,17). The fraction of sp³-hybridized carbons (Fsp3) is 0.429. The van der Waals surface area contributed by atoms with Crippen LogP contribution in [0.15, 0.2) is 18.2 Å². The quantitative estimate of drug-likeness (QED) is 0.814. The van der Waals surface area contributed by atoms with E-state index in [0.717, 1.165) is 5.56 Å². The maximum Gasteiger partial charge on any atom is 0.220 e. The highest BCUT2D eigenvalue weighted by Gasteiger charge is 2.08. The minimum Gasteiger partial charge on any atom is -0.497 e. The molecule has 5 heteroatoms. The molecule has 1 amide bonds. The maximum absolute atomic E-state index is 11.5. The first kappa shape index (κ1) is 15.0. The number of carbonyl (C=O) groups is 2. The molecule has 19 heavy (non-hydrogen) atoms. The van der Waals surface area contributed by atoms with Crippen LogP contribution < -0.4 is 14.8 Å². The second-order valence-electron chi connectivity index (χ2n) is 4.16. The summed E-state index contributed by atoms with van der Waals surface area (Å²) >= 11 is 0. The Bertz CT molecular complexity index is 457. The van der Waals surface area contributed by atoms with E-state index < -0.39 is 0 Å². The Morgan fingerprint density at radius 3 is 2.47 bits per heavy atom. The van der Waals surface area contributed by atoms with E-state index in [1.165, 1.54) is 6.92 Å². The van der Waals surface area contributed by atoms with Crippen LogP contribution in [0, 0.1) is 0 Å². The van der Waals surface area contributed by atoms with Gasteiger partial charge in [0.15, 0.2) is 0 Å². The van der Waals surface area contributed by atoms with Crippen LogP contribution in [0.25, 0.3) is 0 Å². The molecule has 0 aromatic heterocycles. The Morgan fingerprint density at radius 1 is 1.16 bits per heavy atom. The van der Waals surface area contributed by atoms with Gasteiger partial charge in [-0.2, -0.15) is 0 Å². The molecule has 1 aromatic carbocycles. The van der Waals surface area contributed by atoms with Crippen LogP contribution in [0.3, 0.4) is 0 Å². The number of amides is 1. The molecule has 0 aliphatic carbocycles. The molecule has 0 radical (unpaired) electrons. The number of ketones is 1. The number of hydrogen-bond donors (Lipinski definition) is 1. The summed E-state index contributed by atoms with van der Waals surface area (Å²) in [6.45, 7) is 1.81. The van der Waals surface area contributed by atoms with Crippen molar-refractivity contribution in [2.75, 3.05) is 14.2 Å². The van der Waals surface area contributed by atoms with Crippen molar-refractivity contribution in [3.63, 3.8) is 0 Å². The van der Waals surface area contributed by atoms with Gasteiger partial charge in [-0.05, 0) is 25.1 Å². The van der Waals surface area contributed by atoms with E-state index in [2.05, 4.69) is 5.32 Å². The Kier molecular flexibility index (Phi) is 5.85. The number of carbonyl (C=O) groups excluding carboxylic acids is 2. The van der Waals surface area contributed by atoms with E-state index in [1.807, 2.05) is 6.07 Å². The number of Topliss-reactive ketones (excluding diaryl/α,β-unsaturated/α-hetero) is 1. The van der Waals surface area contributed by atoms with Gasteiger partial charge in [0.25, 0.3) is 0 Å². The highest BCUT2D eigenvalue weighted by atomic mass is 16.5. The lowest BCUT2D eigenvalue weighted by Gasteiger charge is -2.11. The predicted molar refractivity (Wildman–Crippen MR) is 71.3 cm³/mol. The van der Waals surface area contributed by atoms with E-state index in [1.54, 1.807) is 26.4 Å². The summed E-state index contributed by atoms with van der Waals surface area (Å²) in [6.07, 6.45) is 0.475. The van der Waals surface area contributed by atoms with Gasteiger partial charge in [-0.3, -0.25) is 4.79 Å². The summed E-state index contributed by atoms with van der Waals surface area (Å²) < 4.78 is 10.3. The molecule has 5 nitrogen and oxygen atoms in total. The molecule has 104 valence electrons. The summed E-state index contributed by atoms with van der Waals surface area (Å²) in [5, 5.41) is 2.75. The first-order valence-electron chi connectivity index (χ1n) is 6.04. The average Bonchev–Trinajstić information content (AvgIpc) is 2.42. The van der Waals surface area contributed by atoms with E-state index in [-0.39, 0.29) is 24.5 Å². The lowest BCUT2D eigenvalue weighted by molar-refractivity contribution is -0.124. The van der Waals surface area contributed by atoms with Gasteiger partial charge in [-0.25, -0.2) is 0 Å². The van der Waals surface area contributed by atoms with Gasteiger partial charge in [0.2, 0.25) is 5.91 Å². The van der Waals surface area contributed by atoms with Crippen LogP contribution in [0.4, 0.5) is 0 Å². The highest BCUT2D eigenvalue weighted by Crippen LogP contribution is 2.23. The first-order chi connectivity index (χ1) is 9.06. The van der Waals surface area contributed by atoms with Gasteiger partial charge in [0, 0.05) is 24.9 Å². The van der Waals surface area contributed by atoms with E-state index in [9.17, 15) is 9.59 Å². The molecular formula is C14H19NO4. The largest absolute Gasteiger partial charge is 0.497 e. The molecule has 0 spiro atoms. The van der Waals surface area contributed by atoms with Crippen LogP contribution >= 0.6 is 0 Å². The molecule has 0 fully saturated rings. The van der Waals surface area contributed by atoms with Gasteiger partial charge < -0.3 is 19.6 Å². The zero-order chi connectivity index (χ0) is 14.3. The van der Waals surface area contributed by atoms with Gasteiger partial charge >= 0.3 is 0 Å². The molecule has 1 N–H and O–H groups in total. The highest BCUT2D eigenvalue weighted by molar-refractivity contribution is 5.83. The minimum absolute atomic E-state index is 0.00844. The number of benzene rings is 1. The van der Waals surface area contributed by atoms with Gasteiger partial charge in [0.1, 0.15) is 17.3 Å². The molecule has 0 saturated heterocycles. The zero-order valence-corrected chi connectivity index (χ0v) is 11.5. The Labute approximate surface area is 112 Å². The molecule has 1 rings (SSSR count). The number of hydrogen-bond acceptors (Lipinski definition) is 4. The summed E-state index contributed by atoms with van der Waals surface area (Å²) in [5.41, 5.74) is 0.832. The van der Waals surface area contributed by atoms with Crippen molar-refractivity contribution < 1.29 is 19.1 Å². The van der Waals surface area contributed by atoms with Crippen molar-refractivity contribution in [2.45, 2.75) is 26.3 Å². The average molecular weight is 265 g/mol. The third-order valence-electron chi connectivity index (χ3n) is 2.67. The molecular weight excluding hydrogens is 246 g/mol. The molecule has 0 heterocycles. The van der Waals surface area contributed by atoms with E-state index in [4.69, 9.17) is 9.47 Å². The monoisotopic (exact) mass is 265 g/mol. The molecule has 0 aliphatic heterocycles. The van der Waals surface area contributed by atoms with Crippen LogP contribution in [0.1, 0.15) is 25.3 Å². The molecule has 0 saturated carbocycles. The number of nitrogens with one attached hydrogen (secondary N) is 1. The van der Waals surface area contributed by atoms with Gasteiger partial charge in [0.05, 0.1) is 14.2 Å². The Morgan fingerprint density at radius 2 is 1.89 bits per heavy atom. The van der Waals surface area contributed by atoms with Crippen molar-refractivity contribution >= 4 is 11.7 Å². The molecule has 0 aliphatic rings. The third kappa shape index (κ3) is 4.99.